The molecule has 2 aromatic rings. The van der Waals surface area contributed by atoms with Crippen LogP contribution < -0.4 is 5.32 Å². The van der Waals surface area contributed by atoms with Gasteiger partial charge in [-0.25, -0.2) is 4.39 Å². The minimum absolute atomic E-state index is 0.0135. The second-order valence-corrected chi connectivity index (χ2v) is 6.06. The van der Waals surface area contributed by atoms with Crippen LogP contribution in [0.3, 0.4) is 0 Å². The molecule has 0 aliphatic rings. The predicted octanol–water partition coefficient (Wildman–Crippen LogP) is 4.51. The van der Waals surface area contributed by atoms with Crippen molar-refractivity contribution >= 4 is 17.7 Å². The summed E-state index contributed by atoms with van der Waals surface area (Å²) in [4.78, 5) is 12.4. The van der Waals surface area contributed by atoms with Gasteiger partial charge in [-0.1, -0.05) is 13.0 Å². The van der Waals surface area contributed by atoms with Crippen molar-refractivity contribution in [1.29, 1.82) is 5.26 Å². The van der Waals surface area contributed by atoms with E-state index in [0.29, 0.717) is 5.69 Å². The molecule has 1 aromatic heterocycles. The van der Waals surface area contributed by atoms with E-state index in [1.165, 1.54) is 12.1 Å². The Bertz CT molecular complexity index is 872. The van der Waals surface area contributed by atoms with Crippen molar-refractivity contribution in [2.75, 3.05) is 5.32 Å². The van der Waals surface area contributed by atoms with Gasteiger partial charge < -0.3 is 9.88 Å². The van der Waals surface area contributed by atoms with E-state index in [2.05, 4.69) is 16.8 Å². The van der Waals surface area contributed by atoms with Crippen LogP contribution in [-0.4, -0.2) is 10.5 Å². The van der Waals surface area contributed by atoms with Crippen molar-refractivity contribution < 1.29 is 9.18 Å². The molecule has 0 aliphatic heterocycles. The summed E-state index contributed by atoms with van der Waals surface area (Å²) in [5.41, 5.74) is 4.02. The van der Waals surface area contributed by atoms with Crippen molar-refractivity contribution in [3.8, 4) is 6.07 Å². The maximum absolute atomic E-state index is 13.4. The fourth-order valence-electron chi connectivity index (χ4n) is 2.76. The van der Waals surface area contributed by atoms with E-state index in [1.807, 2.05) is 26.0 Å². The molecule has 4 nitrogen and oxygen atoms in total. The number of hydrogen-bond donors (Lipinski definition) is 1. The van der Waals surface area contributed by atoms with Gasteiger partial charge in [0.05, 0.1) is 0 Å². The fourth-order valence-corrected chi connectivity index (χ4v) is 2.76. The second-order valence-electron chi connectivity index (χ2n) is 6.06. The number of anilines is 1. The van der Waals surface area contributed by atoms with Gasteiger partial charge in [0.2, 0.25) is 0 Å². The van der Waals surface area contributed by atoms with E-state index < -0.39 is 11.7 Å². The molecule has 25 heavy (non-hydrogen) atoms. The molecule has 1 heterocycles. The summed E-state index contributed by atoms with van der Waals surface area (Å²) >= 11 is 0. The summed E-state index contributed by atoms with van der Waals surface area (Å²) in [7, 11) is 0. The average Bonchev–Trinajstić information content (AvgIpc) is 2.83. The van der Waals surface area contributed by atoms with Gasteiger partial charge in [0.25, 0.3) is 5.91 Å². The zero-order valence-corrected chi connectivity index (χ0v) is 15.0. The number of aryl methyl sites for hydroxylation is 2. The number of amides is 1. The van der Waals surface area contributed by atoms with Crippen LogP contribution in [0.4, 0.5) is 10.1 Å². The van der Waals surface area contributed by atoms with Gasteiger partial charge in [0.1, 0.15) is 17.5 Å². The summed E-state index contributed by atoms with van der Waals surface area (Å²) in [6.45, 7) is 8.73. The number of nitrogens with one attached hydrogen (secondary N) is 1. The number of nitriles is 1. The first-order valence-corrected chi connectivity index (χ1v) is 8.23. The van der Waals surface area contributed by atoms with Gasteiger partial charge in [-0.05, 0) is 62.6 Å². The van der Waals surface area contributed by atoms with Crippen LogP contribution in [0.5, 0.6) is 0 Å². The molecule has 0 atom stereocenters. The highest BCUT2D eigenvalue weighted by atomic mass is 19.1. The van der Waals surface area contributed by atoms with E-state index in [4.69, 9.17) is 0 Å². The smallest absolute Gasteiger partial charge is 0.266 e. The molecule has 0 radical (unpaired) electrons. The Kier molecular flexibility index (Phi) is 5.76. The van der Waals surface area contributed by atoms with Crippen molar-refractivity contribution in [2.24, 2.45) is 0 Å². The van der Waals surface area contributed by atoms with Crippen LogP contribution in [0.2, 0.25) is 0 Å². The molecule has 0 aliphatic carbocycles. The number of carbonyl (C=O) groups is 1. The standard InChI is InChI=1S/C20H22FN3O/c1-5-8-24-14(3)9-16(15(24)4)10-17(12-22)20(25)23-19-11-18(21)7-6-13(19)2/h6-7,9-11H,5,8H2,1-4H3,(H,23,25)/b17-10+. The molecule has 0 spiro atoms. The first-order chi connectivity index (χ1) is 11.9. The van der Waals surface area contributed by atoms with Crippen molar-refractivity contribution in [3.05, 3.63) is 58.2 Å². The summed E-state index contributed by atoms with van der Waals surface area (Å²) in [6, 6.07) is 8.06. The number of rotatable bonds is 5. The number of benzene rings is 1. The molecule has 130 valence electrons. The van der Waals surface area contributed by atoms with Crippen molar-refractivity contribution in [3.63, 3.8) is 0 Å². The van der Waals surface area contributed by atoms with Crippen LogP contribution >= 0.6 is 0 Å². The van der Waals surface area contributed by atoms with Gasteiger partial charge in [-0.3, -0.25) is 4.79 Å². The number of aromatic nitrogens is 1. The minimum atomic E-state index is -0.545. The first-order valence-electron chi connectivity index (χ1n) is 8.23. The second kappa shape index (κ2) is 7.80. The molecular formula is C20H22FN3O. The largest absolute Gasteiger partial charge is 0.349 e. The zero-order valence-electron chi connectivity index (χ0n) is 15.0. The first kappa shape index (κ1) is 18.5. The van der Waals surface area contributed by atoms with E-state index >= 15 is 0 Å². The van der Waals surface area contributed by atoms with Gasteiger partial charge >= 0.3 is 0 Å². The SMILES string of the molecule is CCCn1c(C)cc(/C=C(\C#N)C(=O)Nc2cc(F)ccc2C)c1C. The van der Waals surface area contributed by atoms with Crippen LogP contribution in [0.15, 0.2) is 29.8 Å². The van der Waals surface area contributed by atoms with Crippen LogP contribution in [0, 0.1) is 37.9 Å². The Labute approximate surface area is 147 Å². The van der Waals surface area contributed by atoms with Crippen molar-refractivity contribution in [1.82, 2.24) is 4.57 Å². The lowest BCUT2D eigenvalue weighted by Crippen LogP contribution is -2.14. The van der Waals surface area contributed by atoms with Crippen LogP contribution in [-0.2, 0) is 11.3 Å². The Balaban J connectivity index is 2.32. The lowest BCUT2D eigenvalue weighted by Gasteiger charge is -2.08. The number of nitrogens with zero attached hydrogens (tertiary/aromatic N) is 2. The van der Waals surface area contributed by atoms with E-state index in [-0.39, 0.29) is 5.57 Å². The average molecular weight is 339 g/mol. The monoisotopic (exact) mass is 339 g/mol. The van der Waals surface area contributed by atoms with E-state index in [9.17, 15) is 14.4 Å². The minimum Gasteiger partial charge on any atom is -0.349 e. The highest BCUT2D eigenvalue weighted by Gasteiger charge is 2.14. The summed E-state index contributed by atoms with van der Waals surface area (Å²) in [5, 5.41) is 12.0. The molecule has 0 saturated carbocycles. The molecule has 0 bridgehead atoms. The maximum atomic E-state index is 13.4. The third-order valence-electron chi connectivity index (χ3n) is 4.17. The topological polar surface area (TPSA) is 57.8 Å². The summed E-state index contributed by atoms with van der Waals surface area (Å²) in [6.07, 6.45) is 2.59. The molecule has 0 fully saturated rings. The normalized spacial score (nSPS) is 11.3. The number of carbonyl (C=O) groups excluding carboxylic acids is 1. The molecule has 0 unspecified atom stereocenters. The predicted molar refractivity (Wildman–Crippen MR) is 97.6 cm³/mol. The Hall–Kier alpha value is -2.87. The van der Waals surface area contributed by atoms with E-state index in [1.54, 1.807) is 19.1 Å². The highest BCUT2D eigenvalue weighted by Crippen LogP contribution is 2.20. The van der Waals surface area contributed by atoms with Gasteiger partial charge in [-0.15, -0.1) is 0 Å². The summed E-state index contributed by atoms with van der Waals surface area (Å²) in [5.74, 6) is -0.983. The highest BCUT2D eigenvalue weighted by molar-refractivity contribution is 6.10. The molecule has 5 heteroatoms. The molecule has 1 aromatic carbocycles. The maximum Gasteiger partial charge on any atom is 0.266 e. The fraction of sp³-hybridized carbons (Fsp3) is 0.300. The zero-order chi connectivity index (χ0) is 18.6. The van der Waals surface area contributed by atoms with E-state index in [0.717, 1.165) is 35.5 Å². The molecule has 2 rings (SSSR count). The lowest BCUT2D eigenvalue weighted by molar-refractivity contribution is -0.112. The van der Waals surface area contributed by atoms with Gasteiger partial charge in [-0.2, -0.15) is 5.26 Å². The Morgan fingerprint density at radius 2 is 2.04 bits per heavy atom. The van der Waals surface area contributed by atoms with Crippen LogP contribution in [0.25, 0.3) is 6.08 Å². The molecule has 1 amide bonds. The third kappa shape index (κ3) is 4.16. The van der Waals surface area contributed by atoms with Crippen LogP contribution in [0.1, 0.15) is 35.9 Å². The Morgan fingerprint density at radius 3 is 2.68 bits per heavy atom. The van der Waals surface area contributed by atoms with Gasteiger partial charge in [0, 0.05) is 23.6 Å². The van der Waals surface area contributed by atoms with Crippen molar-refractivity contribution in [2.45, 2.75) is 40.7 Å². The summed E-state index contributed by atoms with van der Waals surface area (Å²) < 4.78 is 15.5. The Morgan fingerprint density at radius 1 is 1.32 bits per heavy atom. The molecule has 1 N–H and O–H groups in total. The number of hydrogen-bond acceptors (Lipinski definition) is 2. The molecule has 0 saturated heterocycles. The van der Waals surface area contributed by atoms with Gasteiger partial charge in [0.15, 0.2) is 0 Å². The molecular weight excluding hydrogens is 317 g/mol. The quantitative estimate of drug-likeness (QED) is 0.644. The lowest BCUT2D eigenvalue weighted by atomic mass is 10.1. The number of halogens is 1. The third-order valence-corrected chi connectivity index (χ3v) is 4.17.